The van der Waals surface area contributed by atoms with E-state index in [1.165, 1.54) is 0 Å². The van der Waals surface area contributed by atoms with Crippen molar-refractivity contribution in [2.45, 2.75) is 26.2 Å². The van der Waals surface area contributed by atoms with Gasteiger partial charge in [0, 0.05) is 12.8 Å². The van der Waals surface area contributed by atoms with Crippen LogP contribution in [0.4, 0.5) is 0 Å². The molecule has 0 saturated heterocycles. The van der Waals surface area contributed by atoms with Crippen molar-refractivity contribution < 1.29 is 14.3 Å². The number of hydrogen-bond acceptors (Lipinski definition) is 4. The number of ether oxygens (including phenoxy) is 2. The summed E-state index contributed by atoms with van der Waals surface area (Å²) in [4.78, 5) is 11.0. The lowest BCUT2D eigenvalue weighted by atomic mass is 10.2. The maximum atomic E-state index is 11.0. The minimum Gasteiger partial charge on any atom is -0.487 e. The van der Waals surface area contributed by atoms with E-state index in [0.29, 0.717) is 30.9 Å². The Morgan fingerprint density at radius 3 is 2.71 bits per heavy atom. The van der Waals surface area contributed by atoms with Crippen molar-refractivity contribution in [1.82, 2.24) is 0 Å². The molecule has 0 atom stereocenters. The predicted octanol–water partition coefficient (Wildman–Crippen LogP) is 2.25. The summed E-state index contributed by atoms with van der Waals surface area (Å²) in [6, 6.07) is 0. The summed E-state index contributed by atoms with van der Waals surface area (Å²) in [5.41, 5.74) is 0. The molecular formula is C10H16O3S. The third-order valence-corrected chi connectivity index (χ3v) is 1.75. The van der Waals surface area contributed by atoms with Gasteiger partial charge in [0.1, 0.15) is 6.61 Å². The molecule has 14 heavy (non-hydrogen) atoms. The summed E-state index contributed by atoms with van der Waals surface area (Å²) in [6.07, 6.45) is 3.23. The molecule has 0 unspecified atom stereocenters. The van der Waals surface area contributed by atoms with Gasteiger partial charge in [0.05, 0.1) is 6.61 Å². The van der Waals surface area contributed by atoms with Crippen LogP contribution in [0.2, 0.25) is 0 Å². The zero-order valence-corrected chi connectivity index (χ0v) is 9.27. The summed E-state index contributed by atoms with van der Waals surface area (Å²) >= 11 is 4.90. The molecule has 3 nitrogen and oxygen atoms in total. The van der Waals surface area contributed by atoms with Crippen LogP contribution in [0.3, 0.4) is 0 Å². The van der Waals surface area contributed by atoms with Gasteiger partial charge in [-0.1, -0.05) is 12.7 Å². The molecule has 0 aliphatic rings. The molecule has 0 aliphatic heterocycles. The summed E-state index contributed by atoms with van der Waals surface area (Å²) in [7, 11) is 0. The second-order valence-electron chi connectivity index (χ2n) is 2.63. The second kappa shape index (κ2) is 8.69. The van der Waals surface area contributed by atoms with Gasteiger partial charge in [-0.25, -0.2) is 0 Å². The quantitative estimate of drug-likeness (QED) is 0.371. The SMILES string of the molecule is C=CCOC(=O)CCCC(=S)OCC. The van der Waals surface area contributed by atoms with Gasteiger partial charge in [-0.2, -0.15) is 0 Å². The minimum absolute atomic E-state index is 0.218. The van der Waals surface area contributed by atoms with Gasteiger partial charge >= 0.3 is 5.97 Å². The van der Waals surface area contributed by atoms with Crippen LogP contribution in [0.25, 0.3) is 0 Å². The number of carbonyl (C=O) groups excluding carboxylic acids is 1. The first kappa shape index (κ1) is 13.1. The number of carbonyl (C=O) groups is 1. The first-order chi connectivity index (χ1) is 6.70. The fourth-order valence-electron chi connectivity index (χ4n) is 0.834. The van der Waals surface area contributed by atoms with Crippen molar-refractivity contribution in [3.8, 4) is 0 Å². The number of rotatable bonds is 7. The molecule has 0 heterocycles. The van der Waals surface area contributed by atoms with Crippen LogP contribution in [-0.4, -0.2) is 24.2 Å². The average Bonchev–Trinajstić information content (AvgIpc) is 2.15. The Kier molecular flexibility index (Phi) is 8.13. The summed E-state index contributed by atoms with van der Waals surface area (Å²) in [5.74, 6) is -0.218. The monoisotopic (exact) mass is 216 g/mol. The summed E-state index contributed by atoms with van der Waals surface area (Å²) in [6.45, 7) is 6.18. The Morgan fingerprint density at radius 2 is 2.14 bits per heavy atom. The van der Waals surface area contributed by atoms with Crippen molar-refractivity contribution in [3.05, 3.63) is 12.7 Å². The van der Waals surface area contributed by atoms with Gasteiger partial charge in [0.15, 0.2) is 5.05 Å². The maximum absolute atomic E-state index is 11.0. The van der Waals surface area contributed by atoms with E-state index < -0.39 is 0 Å². The third-order valence-electron chi connectivity index (χ3n) is 1.43. The number of esters is 1. The average molecular weight is 216 g/mol. The van der Waals surface area contributed by atoms with Crippen LogP contribution in [0.1, 0.15) is 26.2 Å². The Balaban J connectivity index is 3.39. The fourth-order valence-corrected chi connectivity index (χ4v) is 1.10. The predicted molar refractivity (Wildman–Crippen MR) is 59.2 cm³/mol. The second-order valence-corrected chi connectivity index (χ2v) is 3.09. The molecule has 0 N–H and O–H groups in total. The molecule has 0 amide bonds. The normalized spacial score (nSPS) is 9.21. The van der Waals surface area contributed by atoms with Crippen LogP contribution in [-0.2, 0) is 14.3 Å². The highest BCUT2D eigenvalue weighted by atomic mass is 32.1. The maximum Gasteiger partial charge on any atom is 0.306 e. The van der Waals surface area contributed by atoms with Gasteiger partial charge < -0.3 is 9.47 Å². The van der Waals surface area contributed by atoms with Crippen LogP contribution in [0.5, 0.6) is 0 Å². The minimum atomic E-state index is -0.218. The van der Waals surface area contributed by atoms with Crippen molar-refractivity contribution in [3.63, 3.8) is 0 Å². The largest absolute Gasteiger partial charge is 0.487 e. The van der Waals surface area contributed by atoms with Gasteiger partial charge in [-0.3, -0.25) is 4.79 Å². The highest BCUT2D eigenvalue weighted by Gasteiger charge is 2.03. The lowest BCUT2D eigenvalue weighted by molar-refractivity contribution is -0.142. The van der Waals surface area contributed by atoms with Gasteiger partial charge in [-0.15, -0.1) is 0 Å². The molecule has 0 aliphatic carbocycles. The fraction of sp³-hybridized carbons (Fsp3) is 0.600. The molecule has 0 aromatic rings. The number of hydrogen-bond donors (Lipinski definition) is 0. The Hall–Kier alpha value is -0.900. The number of thiocarbonyl (C=S) groups is 1. The van der Waals surface area contributed by atoms with Crippen molar-refractivity contribution >= 4 is 23.2 Å². The molecular weight excluding hydrogens is 200 g/mol. The molecule has 0 rings (SSSR count). The zero-order valence-electron chi connectivity index (χ0n) is 8.45. The van der Waals surface area contributed by atoms with E-state index in [-0.39, 0.29) is 12.6 Å². The first-order valence-corrected chi connectivity index (χ1v) is 5.03. The van der Waals surface area contributed by atoms with E-state index in [1.54, 1.807) is 6.08 Å². The molecule has 0 fully saturated rings. The van der Waals surface area contributed by atoms with E-state index in [2.05, 4.69) is 6.58 Å². The van der Waals surface area contributed by atoms with Crippen LogP contribution >= 0.6 is 12.2 Å². The third kappa shape index (κ3) is 7.73. The van der Waals surface area contributed by atoms with Crippen LogP contribution < -0.4 is 0 Å². The molecule has 0 aromatic heterocycles. The molecule has 0 spiro atoms. The molecule has 0 aromatic carbocycles. The Bertz CT molecular complexity index is 202. The standard InChI is InChI=1S/C10H16O3S/c1-3-8-13-9(11)6-5-7-10(14)12-4-2/h3H,1,4-8H2,2H3. The lowest BCUT2D eigenvalue weighted by Gasteiger charge is -2.04. The van der Waals surface area contributed by atoms with E-state index >= 15 is 0 Å². The first-order valence-electron chi connectivity index (χ1n) is 4.62. The van der Waals surface area contributed by atoms with Gasteiger partial charge in [0.25, 0.3) is 0 Å². The molecule has 80 valence electrons. The molecule has 0 bridgehead atoms. The van der Waals surface area contributed by atoms with Gasteiger partial charge in [0.2, 0.25) is 0 Å². The smallest absolute Gasteiger partial charge is 0.306 e. The lowest BCUT2D eigenvalue weighted by Crippen LogP contribution is -2.06. The zero-order chi connectivity index (χ0) is 10.8. The summed E-state index contributed by atoms with van der Waals surface area (Å²) in [5, 5.41) is 0.559. The molecule has 0 saturated carbocycles. The van der Waals surface area contributed by atoms with Crippen molar-refractivity contribution in [1.29, 1.82) is 0 Å². The Labute approximate surface area is 90.1 Å². The van der Waals surface area contributed by atoms with Crippen molar-refractivity contribution in [2.75, 3.05) is 13.2 Å². The molecule has 0 radical (unpaired) electrons. The van der Waals surface area contributed by atoms with E-state index in [4.69, 9.17) is 21.7 Å². The summed E-state index contributed by atoms with van der Waals surface area (Å²) < 4.78 is 9.86. The Morgan fingerprint density at radius 1 is 1.43 bits per heavy atom. The van der Waals surface area contributed by atoms with Gasteiger partial charge in [-0.05, 0) is 25.6 Å². The van der Waals surface area contributed by atoms with Crippen molar-refractivity contribution in [2.24, 2.45) is 0 Å². The highest BCUT2D eigenvalue weighted by molar-refractivity contribution is 7.80. The van der Waals surface area contributed by atoms with E-state index in [1.807, 2.05) is 6.92 Å². The molecule has 4 heteroatoms. The van der Waals surface area contributed by atoms with E-state index in [0.717, 1.165) is 0 Å². The van der Waals surface area contributed by atoms with E-state index in [9.17, 15) is 4.79 Å². The highest BCUT2D eigenvalue weighted by Crippen LogP contribution is 2.01. The van der Waals surface area contributed by atoms with Crippen LogP contribution in [0, 0.1) is 0 Å². The topological polar surface area (TPSA) is 35.5 Å². The van der Waals surface area contributed by atoms with Crippen LogP contribution in [0.15, 0.2) is 12.7 Å².